The first-order valence-electron chi connectivity index (χ1n) is 5.62. The highest BCUT2D eigenvalue weighted by Gasteiger charge is 2.29. The number of nitrogens with one attached hydrogen (secondary N) is 1. The first kappa shape index (κ1) is 11.7. The molecule has 0 saturated carbocycles. The van der Waals surface area contributed by atoms with E-state index in [-0.39, 0.29) is 17.7 Å². The third-order valence-electron chi connectivity index (χ3n) is 3.12. The molecule has 3 atom stereocenters. The number of carbonyl (C=O) groups is 1. The maximum atomic E-state index is 11.7. The molecule has 1 rings (SSSR count). The van der Waals surface area contributed by atoms with Crippen molar-refractivity contribution in [3.05, 3.63) is 0 Å². The SMILES string of the molecule is CCC(C)C(=O)C(O)C1CCCCN1. The van der Waals surface area contributed by atoms with Crippen molar-refractivity contribution in [2.45, 2.75) is 51.7 Å². The van der Waals surface area contributed by atoms with E-state index in [1.165, 1.54) is 0 Å². The fraction of sp³-hybridized carbons (Fsp3) is 0.909. The van der Waals surface area contributed by atoms with Crippen molar-refractivity contribution >= 4 is 5.78 Å². The van der Waals surface area contributed by atoms with Gasteiger partial charge >= 0.3 is 0 Å². The van der Waals surface area contributed by atoms with Gasteiger partial charge in [0.15, 0.2) is 5.78 Å². The predicted octanol–water partition coefficient (Wildman–Crippen LogP) is 1.10. The van der Waals surface area contributed by atoms with E-state index in [4.69, 9.17) is 0 Å². The molecule has 2 N–H and O–H groups in total. The Morgan fingerprint density at radius 3 is 2.79 bits per heavy atom. The topological polar surface area (TPSA) is 49.3 Å². The molecule has 3 heteroatoms. The van der Waals surface area contributed by atoms with Crippen LogP contribution in [0.5, 0.6) is 0 Å². The summed E-state index contributed by atoms with van der Waals surface area (Å²) >= 11 is 0. The summed E-state index contributed by atoms with van der Waals surface area (Å²) in [7, 11) is 0. The number of ketones is 1. The highest BCUT2D eigenvalue weighted by molar-refractivity contribution is 5.85. The van der Waals surface area contributed by atoms with E-state index in [1.807, 2.05) is 13.8 Å². The van der Waals surface area contributed by atoms with E-state index in [0.29, 0.717) is 0 Å². The van der Waals surface area contributed by atoms with E-state index in [2.05, 4.69) is 5.32 Å². The molecule has 0 bridgehead atoms. The summed E-state index contributed by atoms with van der Waals surface area (Å²) in [6, 6.07) is -0.00903. The molecule has 0 aromatic rings. The van der Waals surface area contributed by atoms with E-state index in [0.717, 1.165) is 32.2 Å². The Morgan fingerprint density at radius 2 is 2.29 bits per heavy atom. The van der Waals surface area contributed by atoms with Gasteiger partial charge in [0, 0.05) is 12.0 Å². The molecule has 1 fully saturated rings. The lowest BCUT2D eigenvalue weighted by atomic mass is 9.91. The lowest BCUT2D eigenvalue weighted by molar-refractivity contribution is -0.132. The van der Waals surface area contributed by atoms with Crippen LogP contribution in [-0.2, 0) is 4.79 Å². The van der Waals surface area contributed by atoms with E-state index < -0.39 is 6.10 Å². The summed E-state index contributed by atoms with van der Waals surface area (Å²) in [4.78, 5) is 11.7. The number of carbonyl (C=O) groups excluding carboxylic acids is 1. The molecule has 0 amide bonds. The van der Waals surface area contributed by atoms with Crippen LogP contribution in [0.1, 0.15) is 39.5 Å². The van der Waals surface area contributed by atoms with Crippen molar-refractivity contribution in [3.8, 4) is 0 Å². The van der Waals surface area contributed by atoms with Gasteiger partial charge in [-0.3, -0.25) is 4.79 Å². The predicted molar refractivity (Wildman–Crippen MR) is 56.1 cm³/mol. The Hall–Kier alpha value is -0.410. The van der Waals surface area contributed by atoms with Gasteiger partial charge in [-0.25, -0.2) is 0 Å². The number of piperidine rings is 1. The minimum Gasteiger partial charge on any atom is -0.384 e. The zero-order valence-electron chi connectivity index (χ0n) is 9.12. The van der Waals surface area contributed by atoms with Crippen LogP contribution in [0.15, 0.2) is 0 Å². The second kappa shape index (κ2) is 5.47. The minimum atomic E-state index is -0.801. The van der Waals surface area contributed by atoms with Crippen LogP contribution >= 0.6 is 0 Å². The largest absolute Gasteiger partial charge is 0.384 e. The number of hydrogen-bond donors (Lipinski definition) is 2. The number of hydrogen-bond acceptors (Lipinski definition) is 3. The maximum absolute atomic E-state index is 11.7. The molecule has 0 aromatic heterocycles. The van der Waals surface area contributed by atoms with Crippen LogP contribution in [-0.4, -0.2) is 29.6 Å². The lowest BCUT2D eigenvalue weighted by Gasteiger charge is -2.28. The Labute approximate surface area is 85.9 Å². The average molecular weight is 199 g/mol. The molecule has 82 valence electrons. The molecule has 0 radical (unpaired) electrons. The maximum Gasteiger partial charge on any atom is 0.165 e. The summed E-state index contributed by atoms with van der Waals surface area (Å²) in [5.41, 5.74) is 0. The smallest absolute Gasteiger partial charge is 0.165 e. The van der Waals surface area contributed by atoms with Gasteiger partial charge in [-0.15, -0.1) is 0 Å². The number of rotatable bonds is 4. The fourth-order valence-corrected chi connectivity index (χ4v) is 1.84. The highest BCUT2D eigenvalue weighted by atomic mass is 16.3. The monoisotopic (exact) mass is 199 g/mol. The van der Waals surface area contributed by atoms with Crippen LogP contribution in [0.2, 0.25) is 0 Å². The summed E-state index contributed by atoms with van der Waals surface area (Å²) < 4.78 is 0. The zero-order valence-corrected chi connectivity index (χ0v) is 9.12. The molecule has 0 spiro atoms. The van der Waals surface area contributed by atoms with Gasteiger partial charge in [-0.1, -0.05) is 20.3 Å². The van der Waals surface area contributed by atoms with Crippen LogP contribution in [0.25, 0.3) is 0 Å². The Balaban J connectivity index is 2.45. The highest BCUT2D eigenvalue weighted by Crippen LogP contribution is 2.15. The molecular weight excluding hydrogens is 178 g/mol. The van der Waals surface area contributed by atoms with Crippen molar-refractivity contribution < 1.29 is 9.90 Å². The van der Waals surface area contributed by atoms with Crippen molar-refractivity contribution in [3.63, 3.8) is 0 Å². The number of Topliss-reactive ketones (excluding diaryl/α,β-unsaturated/α-hetero) is 1. The van der Waals surface area contributed by atoms with Crippen molar-refractivity contribution in [1.29, 1.82) is 0 Å². The normalized spacial score (nSPS) is 26.9. The summed E-state index contributed by atoms with van der Waals surface area (Å²) in [6.45, 7) is 4.79. The van der Waals surface area contributed by atoms with Gasteiger partial charge in [0.2, 0.25) is 0 Å². The summed E-state index contributed by atoms with van der Waals surface area (Å²) in [5, 5.41) is 13.0. The molecular formula is C11H21NO2. The van der Waals surface area contributed by atoms with Crippen LogP contribution in [0.3, 0.4) is 0 Å². The van der Waals surface area contributed by atoms with Crippen LogP contribution in [0, 0.1) is 5.92 Å². The Bertz CT molecular complexity index is 188. The summed E-state index contributed by atoms with van der Waals surface area (Å²) in [5.74, 6) is -0.0272. The quantitative estimate of drug-likeness (QED) is 0.713. The molecule has 0 aliphatic carbocycles. The molecule has 14 heavy (non-hydrogen) atoms. The molecule has 3 nitrogen and oxygen atoms in total. The van der Waals surface area contributed by atoms with Gasteiger partial charge < -0.3 is 10.4 Å². The first-order valence-corrected chi connectivity index (χ1v) is 5.62. The van der Waals surface area contributed by atoms with Gasteiger partial charge in [0.25, 0.3) is 0 Å². The molecule has 0 aromatic carbocycles. The average Bonchev–Trinajstić information content (AvgIpc) is 2.27. The molecule has 1 saturated heterocycles. The van der Waals surface area contributed by atoms with E-state index in [1.54, 1.807) is 0 Å². The van der Waals surface area contributed by atoms with Gasteiger partial charge in [0.1, 0.15) is 6.10 Å². The third kappa shape index (κ3) is 2.79. The first-order chi connectivity index (χ1) is 6.66. The van der Waals surface area contributed by atoms with Crippen LogP contribution in [0.4, 0.5) is 0 Å². The van der Waals surface area contributed by atoms with E-state index >= 15 is 0 Å². The molecule has 1 heterocycles. The van der Waals surface area contributed by atoms with Crippen molar-refractivity contribution in [1.82, 2.24) is 5.32 Å². The van der Waals surface area contributed by atoms with Gasteiger partial charge in [-0.2, -0.15) is 0 Å². The second-order valence-electron chi connectivity index (χ2n) is 4.21. The lowest BCUT2D eigenvalue weighted by Crippen LogP contribution is -2.48. The fourth-order valence-electron chi connectivity index (χ4n) is 1.84. The Kier molecular flexibility index (Phi) is 4.55. The minimum absolute atomic E-state index is 0.00750. The summed E-state index contributed by atoms with van der Waals surface area (Å²) in [6.07, 6.45) is 3.19. The second-order valence-corrected chi connectivity index (χ2v) is 4.21. The van der Waals surface area contributed by atoms with Crippen LogP contribution < -0.4 is 5.32 Å². The zero-order chi connectivity index (χ0) is 10.6. The van der Waals surface area contributed by atoms with Crippen molar-refractivity contribution in [2.24, 2.45) is 5.92 Å². The molecule has 1 aliphatic rings. The standard InChI is InChI=1S/C11H21NO2/c1-3-8(2)10(13)11(14)9-6-4-5-7-12-9/h8-9,11-12,14H,3-7H2,1-2H3. The van der Waals surface area contributed by atoms with Gasteiger partial charge in [-0.05, 0) is 25.8 Å². The molecule has 1 aliphatic heterocycles. The number of aliphatic hydroxyl groups is 1. The van der Waals surface area contributed by atoms with Crippen molar-refractivity contribution in [2.75, 3.05) is 6.54 Å². The van der Waals surface area contributed by atoms with E-state index in [9.17, 15) is 9.90 Å². The third-order valence-corrected chi connectivity index (χ3v) is 3.12. The van der Waals surface area contributed by atoms with Gasteiger partial charge in [0.05, 0.1) is 0 Å². The Morgan fingerprint density at radius 1 is 1.57 bits per heavy atom. The number of aliphatic hydroxyl groups excluding tert-OH is 1. The molecule has 3 unspecified atom stereocenters.